The van der Waals surface area contributed by atoms with E-state index < -0.39 is 17.1 Å². The van der Waals surface area contributed by atoms with Crippen LogP contribution >= 0.6 is 0 Å². The standard InChI is InChI=1S/C15H21NO4/c1-20-16-13(19)14(7-3-2-4-8-14)12(18)15(16)9-5-11(17)6-10-15/h5,9,11,17H,2-4,6-8,10H2,1H3/t11?,15-/m0/s1. The molecule has 5 nitrogen and oxygen atoms in total. The smallest absolute Gasteiger partial charge is 0.261 e. The van der Waals surface area contributed by atoms with E-state index in [9.17, 15) is 14.7 Å². The van der Waals surface area contributed by atoms with Crippen LogP contribution in [0.4, 0.5) is 0 Å². The summed E-state index contributed by atoms with van der Waals surface area (Å²) in [5, 5.41) is 10.9. The highest BCUT2D eigenvalue weighted by Gasteiger charge is 2.66. The first kappa shape index (κ1) is 13.8. The lowest BCUT2D eigenvalue weighted by atomic mass is 9.67. The fourth-order valence-electron chi connectivity index (χ4n) is 4.00. The molecule has 110 valence electrons. The van der Waals surface area contributed by atoms with E-state index in [0.717, 1.165) is 19.3 Å². The summed E-state index contributed by atoms with van der Waals surface area (Å²) >= 11 is 0. The Kier molecular flexibility index (Phi) is 3.21. The van der Waals surface area contributed by atoms with Gasteiger partial charge in [-0.1, -0.05) is 31.4 Å². The van der Waals surface area contributed by atoms with Gasteiger partial charge in [0.1, 0.15) is 11.0 Å². The van der Waals surface area contributed by atoms with Crippen molar-refractivity contribution in [2.75, 3.05) is 7.11 Å². The van der Waals surface area contributed by atoms with E-state index in [1.54, 1.807) is 12.2 Å². The number of hydrogen-bond acceptors (Lipinski definition) is 4. The molecule has 1 N–H and O–H groups in total. The second kappa shape index (κ2) is 4.67. The Labute approximate surface area is 118 Å². The number of hydroxylamine groups is 2. The number of carbonyl (C=O) groups is 2. The van der Waals surface area contributed by atoms with Gasteiger partial charge in [-0.3, -0.25) is 14.4 Å². The van der Waals surface area contributed by atoms with Crippen molar-refractivity contribution in [2.24, 2.45) is 5.41 Å². The second-order valence-corrected chi connectivity index (χ2v) is 6.14. The summed E-state index contributed by atoms with van der Waals surface area (Å²) < 4.78 is 0. The minimum absolute atomic E-state index is 0.0281. The van der Waals surface area contributed by atoms with Gasteiger partial charge in [0.15, 0.2) is 5.78 Å². The number of ketones is 1. The highest BCUT2D eigenvalue weighted by molar-refractivity contribution is 6.17. The summed E-state index contributed by atoms with van der Waals surface area (Å²) in [7, 11) is 1.44. The first-order valence-electron chi connectivity index (χ1n) is 7.38. The van der Waals surface area contributed by atoms with E-state index in [-0.39, 0.29) is 11.7 Å². The van der Waals surface area contributed by atoms with Crippen LogP contribution in [0.5, 0.6) is 0 Å². The van der Waals surface area contributed by atoms with Crippen LogP contribution in [0.3, 0.4) is 0 Å². The van der Waals surface area contributed by atoms with E-state index >= 15 is 0 Å². The van der Waals surface area contributed by atoms with Crippen molar-refractivity contribution in [3.63, 3.8) is 0 Å². The molecular formula is C15H21NO4. The highest BCUT2D eigenvalue weighted by atomic mass is 16.7. The molecule has 2 fully saturated rings. The molecule has 3 rings (SSSR count). The molecule has 3 aliphatic rings. The van der Waals surface area contributed by atoms with Crippen LogP contribution in [0, 0.1) is 5.41 Å². The number of aliphatic hydroxyl groups is 1. The molecular weight excluding hydrogens is 258 g/mol. The van der Waals surface area contributed by atoms with Gasteiger partial charge in [-0.15, -0.1) is 0 Å². The molecule has 0 radical (unpaired) electrons. The molecule has 0 aromatic rings. The number of nitrogens with zero attached hydrogens (tertiary/aromatic N) is 1. The van der Waals surface area contributed by atoms with Crippen molar-refractivity contribution < 1.29 is 19.5 Å². The molecule has 5 heteroatoms. The molecule has 0 aromatic carbocycles. The summed E-state index contributed by atoms with van der Waals surface area (Å²) in [5.74, 6) is -0.217. The Balaban J connectivity index is 2.05. The van der Waals surface area contributed by atoms with Gasteiger partial charge >= 0.3 is 0 Å². The molecule has 2 atom stereocenters. The number of Topliss-reactive ketones (excluding diaryl/α,β-unsaturated/α-hetero) is 1. The summed E-state index contributed by atoms with van der Waals surface area (Å²) in [6.45, 7) is 0. The van der Waals surface area contributed by atoms with E-state index in [4.69, 9.17) is 4.84 Å². The van der Waals surface area contributed by atoms with Crippen molar-refractivity contribution in [1.82, 2.24) is 5.06 Å². The van der Waals surface area contributed by atoms with Crippen LogP contribution < -0.4 is 0 Å². The molecule has 1 amide bonds. The van der Waals surface area contributed by atoms with Gasteiger partial charge < -0.3 is 5.11 Å². The Morgan fingerprint density at radius 1 is 1.25 bits per heavy atom. The number of aliphatic hydroxyl groups excluding tert-OH is 1. The summed E-state index contributed by atoms with van der Waals surface area (Å²) in [6.07, 6.45) is 7.83. The molecule has 2 spiro atoms. The van der Waals surface area contributed by atoms with Crippen molar-refractivity contribution in [2.45, 2.75) is 56.6 Å². The average Bonchev–Trinajstić information content (AvgIpc) is 2.64. The Bertz CT molecular complexity index is 466. The van der Waals surface area contributed by atoms with Crippen LogP contribution in [0.25, 0.3) is 0 Å². The molecule has 0 aromatic heterocycles. The third kappa shape index (κ3) is 1.63. The monoisotopic (exact) mass is 279 g/mol. The van der Waals surface area contributed by atoms with Crippen molar-refractivity contribution in [1.29, 1.82) is 0 Å². The van der Waals surface area contributed by atoms with Gasteiger partial charge in [0.05, 0.1) is 13.2 Å². The Morgan fingerprint density at radius 3 is 2.50 bits per heavy atom. The lowest BCUT2D eigenvalue weighted by Gasteiger charge is -2.35. The predicted molar refractivity (Wildman–Crippen MR) is 71.5 cm³/mol. The number of hydrogen-bond donors (Lipinski definition) is 1. The van der Waals surface area contributed by atoms with Crippen molar-refractivity contribution >= 4 is 11.7 Å². The van der Waals surface area contributed by atoms with Gasteiger partial charge in [0.25, 0.3) is 5.91 Å². The van der Waals surface area contributed by atoms with Crippen molar-refractivity contribution in [3.8, 4) is 0 Å². The van der Waals surface area contributed by atoms with Gasteiger partial charge in [-0.05, 0) is 25.7 Å². The Morgan fingerprint density at radius 2 is 1.95 bits per heavy atom. The zero-order chi connectivity index (χ0) is 14.4. The zero-order valence-electron chi connectivity index (χ0n) is 11.8. The molecule has 0 bridgehead atoms. The van der Waals surface area contributed by atoms with E-state index in [1.807, 2.05) is 0 Å². The average molecular weight is 279 g/mol. The van der Waals surface area contributed by atoms with Gasteiger partial charge in [-0.25, -0.2) is 5.06 Å². The first-order valence-corrected chi connectivity index (χ1v) is 7.38. The summed E-state index contributed by atoms with van der Waals surface area (Å²) in [5.41, 5.74) is -1.89. The van der Waals surface area contributed by atoms with Crippen LogP contribution in [0.2, 0.25) is 0 Å². The lowest BCUT2D eigenvalue weighted by Crippen LogP contribution is -2.49. The molecule has 1 aliphatic heterocycles. The minimum Gasteiger partial charge on any atom is -0.389 e. The van der Waals surface area contributed by atoms with Crippen molar-refractivity contribution in [3.05, 3.63) is 12.2 Å². The predicted octanol–water partition coefficient (Wildman–Crippen LogP) is 1.36. The van der Waals surface area contributed by atoms with E-state index in [1.165, 1.54) is 12.2 Å². The normalized spacial score (nSPS) is 36.3. The first-order chi connectivity index (χ1) is 9.57. The third-order valence-electron chi connectivity index (χ3n) is 5.09. The maximum absolute atomic E-state index is 13.1. The van der Waals surface area contributed by atoms with Gasteiger partial charge in [-0.2, -0.15) is 0 Å². The van der Waals surface area contributed by atoms with Crippen LogP contribution in [0.15, 0.2) is 12.2 Å². The maximum atomic E-state index is 13.1. The molecule has 1 heterocycles. The van der Waals surface area contributed by atoms with Crippen LogP contribution in [-0.4, -0.2) is 40.6 Å². The SMILES string of the molecule is CON1C(=O)C2(CCCCC2)C(=O)[C@@]12C=CC(O)CC2. The molecule has 1 unspecified atom stereocenters. The quantitative estimate of drug-likeness (QED) is 0.581. The van der Waals surface area contributed by atoms with Crippen LogP contribution in [0.1, 0.15) is 44.9 Å². The second-order valence-electron chi connectivity index (χ2n) is 6.14. The fraction of sp³-hybridized carbons (Fsp3) is 0.733. The van der Waals surface area contributed by atoms with Gasteiger partial charge in [0.2, 0.25) is 0 Å². The fourth-order valence-corrected chi connectivity index (χ4v) is 4.00. The van der Waals surface area contributed by atoms with E-state index in [2.05, 4.69) is 0 Å². The highest BCUT2D eigenvalue weighted by Crippen LogP contribution is 2.51. The lowest BCUT2D eigenvalue weighted by molar-refractivity contribution is -0.194. The number of rotatable bonds is 1. The topological polar surface area (TPSA) is 66.8 Å². The number of amides is 1. The third-order valence-corrected chi connectivity index (χ3v) is 5.09. The molecule has 1 saturated carbocycles. The molecule has 20 heavy (non-hydrogen) atoms. The minimum atomic E-state index is -0.998. The van der Waals surface area contributed by atoms with Gasteiger partial charge in [0, 0.05) is 0 Å². The van der Waals surface area contributed by atoms with Crippen LogP contribution in [-0.2, 0) is 14.4 Å². The van der Waals surface area contributed by atoms with E-state index in [0.29, 0.717) is 25.7 Å². The molecule has 1 saturated heterocycles. The summed E-state index contributed by atoms with van der Waals surface area (Å²) in [4.78, 5) is 31.1. The molecule has 2 aliphatic carbocycles. The number of carbonyl (C=O) groups excluding carboxylic acids is 2. The Hall–Kier alpha value is -1.20. The largest absolute Gasteiger partial charge is 0.389 e. The summed E-state index contributed by atoms with van der Waals surface area (Å²) in [6, 6.07) is 0. The zero-order valence-corrected chi connectivity index (χ0v) is 11.8. The maximum Gasteiger partial charge on any atom is 0.261 e.